The molecule has 4 rings (SSSR count). The van der Waals surface area contributed by atoms with Gasteiger partial charge in [-0.25, -0.2) is 0 Å². The van der Waals surface area contributed by atoms with Gasteiger partial charge in [0.1, 0.15) is 5.76 Å². The number of alkyl halides is 3. The van der Waals surface area contributed by atoms with Crippen molar-refractivity contribution in [2.75, 3.05) is 36.8 Å². The Labute approximate surface area is 201 Å². The van der Waals surface area contributed by atoms with Gasteiger partial charge in [-0.2, -0.15) is 13.2 Å². The molecule has 2 aromatic heterocycles. The fourth-order valence-electron chi connectivity index (χ4n) is 3.35. The summed E-state index contributed by atoms with van der Waals surface area (Å²) >= 11 is 2.59. The van der Waals surface area contributed by atoms with Gasteiger partial charge < -0.3 is 19.5 Å². The molecule has 1 N–H and O–H groups in total. The van der Waals surface area contributed by atoms with Crippen LogP contribution < -0.4 is 10.2 Å². The smallest absolute Gasteiger partial charge is 0.417 e. The molecule has 1 aliphatic rings. The Bertz CT molecular complexity index is 1130. The molecule has 0 atom stereocenters. The van der Waals surface area contributed by atoms with Crippen LogP contribution in [-0.2, 0) is 17.5 Å². The van der Waals surface area contributed by atoms with Crippen LogP contribution in [0.4, 0.5) is 18.3 Å². The van der Waals surface area contributed by atoms with Gasteiger partial charge in [-0.15, -0.1) is 10.2 Å². The Balaban J connectivity index is 1.27. The van der Waals surface area contributed by atoms with E-state index in [1.165, 1.54) is 52.5 Å². The van der Waals surface area contributed by atoms with E-state index >= 15 is 0 Å². The number of hydrogen-bond acceptors (Lipinski definition) is 8. The van der Waals surface area contributed by atoms with E-state index in [1.54, 1.807) is 12.1 Å². The Morgan fingerprint density at radius 2 is 1.85 bits per heavy atom. The van der Waals surface area contributed by atoms with Gasteiger partial charge in [0, 0.05) is 26.2 Å². The number of piperazine rings is 1. The molecule has 0 bridgehead atoms. The Hall–Kier alpha value is -3.06. The SMILES string of the molecule is O=C(CSc1nnc(N2CCN(C(=O)c3ccccc3C(F)(F)F)CC2)s1)NCc1ccco1. The third-order valence-corrected chi connectivity index (χ3v) is 7.18. The highest BCUT2D eigenvalue weighted by Crippen LogP contribution is 2.33. The van der Waals surface area contributed by atoms with Crippen LogP contribution in [0, 0.1) is 0 Å². The molecule has 1 fully saturated rings. The number of halogens is 3. The second-order valence-corrected chi connectivity index (χ2v) is 9.50. The minimum absolute atomic E-state index is 0.163. The summed E-state index contributed by atoms with van der Waals surface area (Å²) in [5.41, 5.74) is -1.27. The van der Waals surface area contributed by atoms with E-state index in [2.05, 4.69) is 15.5 Å². The molecule has 2 amide bonds. The standard InChI is InChI=1S/C21H20F3N5O3S2/c22-21(23,24)16-6-2-1-5-15(16)18(31)28-7-9-29(10-8-28)19-26-27-20(34-19)33-13-17(30)25-12-14-4-3-11-32-14/h1-6,11H,7-10,12-13H2,(H,25,30). The number of carbonyl (C=O) groups excluding carboxylic acids is 2. The van der Waals surface area contributed by atoms with E-state index in [0.29, 0.717) is 34.9 Å². The van der Waals surface area contributed by atoms with Crippen LogP contribution >= 0.6 is 23.1 Å². The van der Waals surface area contributed by atoms with Gasteiger partial charge in [-0.05, 0) is 24.3 Å². The van der Waals surface area contributed by atoms with Crippen LogP contribution in [0.15, 0.2) is 51.4 Å². The summed E-state index contributed by atoms with van der Waals surface area (Å²) in [6, 6.07) is 8.34. The number of nitrogens with zero attached hydrogens (tertiary/aromatic N) is 4. The molecule has 0 radical (unpaired) electrons. The summed E-state index contributed by atoms with van der Waals surface area (Å²) < 4.78 is 45.6. The molecule has 3 heterocycles. The molecule has 13 heteroatoms. The van der Waals surface area contributed by atoms with Crippen LogP contribution in [0.25, 0.3) is 0 Å². The minimum Gasteiger partial charge on any atom is -0.467 e. The number of hydrogen-bond donors (Lipinski definition) is 1. The van der Waals surface area contributed by atoms with Crippen molar-refractivity contribution >= 4 is 40.0 Å². The van der Waals surface area contributed by atoms with Crippen molar-refractivity contribution in [2.45, 2.75) is 17.1 Å². The second-order valence-electron chi connectivity index (χ2n) is 7.32. The predicted octanol–water partition coefficient (Wildman–Crippen LogP) is 3.52. The quantitative estimate of drug-likeness (QED) is 0.486. The largest absolute Gasteiger partial charge is 0.467 e. The zero-order valence-corrected chi connectivity index (χ0v) is 19.4. The minimum atomic E-state index is -4.59. The number of carbonyl (C=O) groups is 2. The average molecular weight is 512 g/mol. The zero-order chi connectivity index (χ0) is 24.1. The average Bonchev–Trinajstić information content (AvgIpc) is 3.53. The van der Waals surface area contributed by atoms with Gasteiger partial charge >= 0.3 is 6.18 Å². The first-order valence-electron chi connectivity index (χ1n) is 10.3. The van der Waals surface area contributed by atoms with E-state index in [9.17, 15) is 22.8 Å². The number of benzene rings is 1. The molecule has 180 valence electrons. The summed E-state index contributed by atoms with van der Waals surface area (Å²) in [7, 11) is 0. The Morgan fingerprint density at radius 3 is 2.56 bits per heavy atom. The number of aromatic nitrogens is 2. The maximum atomic E-state index is 13.3. The first kappa shape index (κ1) is 24.1. The van der Waals surface area contributed by atoms with Crippen molar-refractivity contribution in [1.29, 1.82) is 0 Å². The molecule has 0 spiro atoms. The van der Waals surface area contributed by atoms with Crippen molar-refractivity contribution in [3.8, 4) is 0 Å². The normalized spacial score (nSPS) is 14.3. The summed E-state index contributed by atoms with van der Waals surface area (Å²) in [6.45, 7) is 1.68. The molecule has 1 saturated heterocycles. The fraction of sp³-hybridized carbons (Fsp3) is 0.333. The maximum absolute atomic E-state index is 13.3. The van der Waals surface area contributed by atoms with Crippen LogP contribution in [-0.4, -0.2) is 58.8 Å². The highest BCUT2D eigenvalue weighted by Gasteiger charge is 2.36. The van der Waals surface area contributed by atoms with Crippen LogP contribution in [0.1, 0.15) is 21.7 Å². The number of thioether (sulfide) groups is 1. The van der Waals surface area contributed by atoms with Crippen molar-refractivity contribution < 1.29 is 27.2 Å². The van der Waals surface area contributed by atoms with Crippen LogP contribution in [0.3, 0.4) is 0 Å². The van der Waals surface area contributed by atoms with Gasteiger partial charge in [0.25, 0.3) is 5.91 Å². The van der Waals surface area contributed by atoms with Crippen molar-refractivity contribution in [2.24, 2.45) is 0 Å². The lowest BCUT2D eigenvalue weighted by atomic mass is 10.1. The molecule has 0 aliphatic carbocycles. The first-order chi connectivity index (χ1) is 16.3. The molecule has 8 nitrogen and oxygen atoms in total. The predicted molar refractivity (Wildman–Crippen MR) is 121 cm³/mol. The van der Waals surface area contributed by atoms with E-state index in [1.807, 2.05) is 4.90 Å². The van der Waals surface area contributed by atoms with E-state index in [0.717, 1.165) is 6.07 Å². The van der Waals surface area contributed by atoms with Crippen molar-refractivity contribution in [3.05, 3.63) is 59.5 Å². The van der Waals surface area contributed by atoms with E-state index in [4.69, 9.17) is 4.42 Å². The third-order valence-electron chi connectivity index (χ3n) is 5.06. The summed E-state index contributed by atoms with van der Waals surface area (Å²) in [5, 5.41) is 11.6. The molecular weight excluding hydrogens is 491 g/mol. The number of amides is 2. The van der Waals surface area contributed by atoms with E-state index in [-0.39, 0.29) is 30.3 Å². The number of furan rings is 1. The highest BCUT2D eigenvalue weighted by atomic mass is 32.2. The highest BCUT2D eigenvalue weighted by molar-refractivity contribution is 8.01. The lowest BCUT2D eigenvalue weighted by molar-refractivity contribution is -0.138. The monoisotopic (exact) mass is 511 g/mol. The molecular formula is C21H20F3N5O3S2. The van der Waals surface area contributed by atoms with Crippen LogP contribution in [0.2, 0.25) is 0 Å². The molecule has 34 heavy (non-hydrogen) atoms. The van der Waals surface area contributed by atoms with Gasteiger partial charge in [-0.3, -0.25) is 9.59 Å². The Morgan fingerprint density at radius 1 is 1.09 bits per heavy atom. The van der Waals surface area contributed by atoms with Crippen LogP contribution in [0.5, 0.6) is 0 Å². The lowest BCUT2D eigenvalue weighted by Gasteiger charge is -2.34. The van der Waals surface area contributed by atoms with Gasteiger partial charge in [0.05, 0.1) is 29.7 Å². The van der Waals surface area contributed by atoms with Crippen molar-refractivity contribution in [1.82, 2.24) is 20.4 Å². The summed E-state index contributed by atoms with van der Waals surface area (Å²) in [6.07, 6.45) is -3.06. The van der Waals surface area contributed by atoms with Gasteiger partial charge in [0.2, 0.25) is 11.0 Å². The molecule has 1 aliphatic heterocycles. The molecule has 0 saturated carbocycles. The van der Waals surface area contributed by atoms with Crippen molar-refractivity contribution in [3.63, 3.8) is 0 Å². The fourth-order valence-corrected chi connectivity index (χ4v) is 5.08. The molecule has 3 aromatic rings. The van der Waals surface area contributed by atoms with Gasteiger partial charge in [0.15, 0.2) is 4.34 Å². The number of nitrogens with one attached hydrogen (secondary N) is 1. The van der Waals surface area contributed by atoms with Gasteiger partial charge in [-0.1, -0.05) is 35.2 Å². The summed E-state index contributed by atoms with van der Waals surface area (Å²) in [4.78, 5) is 28.1. The maximum Gasteiger partial charge on any atom is 0.417 e. The zero-order valence-electron chi connectivity index (χ0n) is 17.7. The topological polar surface area (TPSA) is 91.6 Å². The third kappa shape index (κ3) is 5.89. The Kier molecular flexibility index (Phi) is 7.41. The molecule has 0 unspecified atom stereocenters. The number of rotatable bonds is 7. The van der Waals surface area contributed by atoms with E-state index < -0.39 is 17.6 Å². The first-order valence-corrected chi connectivity index (χ1v) is 12.1. The molecule has 1 aromatic carbocycles. The lowest BCUT2D eigenvalue weighted by Crippen LogP contribution is -2.49. The number of anilines is 1. The second kappa shape index (κ2) is 10.5. The summed E-state index contributed by atoms with van der Waals surface area (Å²) in [5.74, 6) is 0.0399.